The van der Waals surface area contributed by atoms with E-state index in [4.69, 9.17) is 5.73 Å². The number of carbonyl (C=O) groups is 1. The number of esters is 1. The Bertz CT molecular complexity index is 859. The topological polar surface area (TPSA) is 114 Å². The third-order valence-electron chi connectivity index (χ3n) is 3.96. The maximum absolute atomic E-state index is 12.3. The van der Waals surface area contributed by atoms with E-state index in [1.165, 1.54) is 18.9 Å². The number of hydrogen-bond donors (Lipinski definition) is 3. The molecule has 0 spiro atoms. The second-order valence-electron chi connectivity index (χ2n) is 5.80. The lowest BCUT2D eigenvalue weighted by atomic mass is 10.2. The Morgan fingerprint density at radius 2 is 2.15 bits per heavy atom. The van der Waals surface area contributed by atoms with Crippen molar-refractivity contribution in [3.8, 4) is 0 Å². The van der Waals surface area contributed by atoms with Gasteiger partial charge in [-0.3, -0.25) is 9.36 Å². The lowest BCUT2D eigenvalue weighted by Gasteiger charge is -2.20. The number of aromatic nitrogens is 2. The largest absolute Gasteiger partial charge is 0.469 e. The monoisotopic (exact) mass is 375 g/mol. The summed E-state index contributed by atoms with van der Waals surface area (Å²) in [6.07, 6.45) is 0.403. The van der Waals surface area contributed by atoms with Gasteiger partial charge in [0.05, 0.1) is 13.7 Å². The van der Waals surface area contributed by atoms with Crippen LogP contribution in [0.3, 0.4) is 0 Å². The van der Waals surface area contributed by atoms with Gasteiger partial charge in [-0.1, -0.05) is 42.1 Å². The van der Waals surface area contributed by atoms with Gasteiger partial charge in [-0.2, -0.15) is 0 Å². The van der Waals surface area contributed by atoms with Gasteiger partial charge in [-0.15, -0.1) is 0 Å². The fourth-order valence-electron chi connectivity index (χ4n) is 2.64. The van der Waals surface area contributed by atoms with Gasteiger partial charge in [-0.05, 0) is 12.0 Å². The van der Waals surface area contributed by atoms with Crippen LogP contribution >= 0.6 is 11.8 Å². The van der Waals surface area contributed by atoms with Gasteiger partial charge in [0, 0.05) is 12.2 Å². The van der Waals surface area contributed by atoms with Gasteiger partial charge in [0.2, 0.25) is 0 Å². The minimum Gasteiger partial charge on any atom is -0.469 e. The number of thioether (sulfide) groups is 1. The predicted octanol–water partition coefficient (Wildman–Crippen LogP) is 1.65. The van der Waals surface area contributed by atoms with E-state index in [-0.39, 0.29) is 11.7 Å². The molecule has 2 heterocycles. The molecule has 0 saturated heterocycles. The van der Waals surface area contributed by atoms with Gasteiger partial charge in [-0.25, -0.2) is 9.79 Å². The summed E-state index contributed by atoms with van der Waals surface area (Å²) in [7, 11) is 1.38. The van der Waals surface area contributed by atoms with Crippen molar-refractivity contribution >= 4 is 28.7 Å². The number of amidine groups is 1. The summed E-state index contributed by atoms with van der Waals surface area (Å²) < 4.78 is 6.24. The molecule has 1 unspecified atom stereocenters. The molecule has 0 saturated carbocycles. The van der Waals surface area contributed by atoms with Crippen LogP contribution in [-0.4, -0.2) is 33.6 Å². The number of nitrogens with zero attached hydrogens (tertiary/aromatic N) is 2. The first-order valence-electron chi connectivity index (χ1n) is 8.25. The van der Waals surface area contributed by atoms with Crippen LogP contribution in [0, 0.1) is 0 Å². The van der Waals surface area contributed by atoms with E-state index >= 15 is 0 Å². The number of aliphatic imine (C=N–C) groups is 1. The van der Waals surface area contributed by atoms with E-state index in [1.54, 1.807) is 4.57 Å². The molecule has 1 aromatic heterocycles. The quantitative estimate of drug-likeness (QED) is 0.522. The molecule has 0 radical (unpaired) electrons. The Morgan fingerprint density at radius 1 is 1.38 bits per heavy atom. The van der Waals surface area contributed by atoms with Crippen molar-refractivity contribution in [3.05, 3.63) is 52.1 Å². The van der Waals surface area contributed by atoms with Crippen LogP contribution in [0.4, 0.5) is 5.82 Å². The molecule has 2 aromatic rings. The molecule has 138 valence electrons. The lowest BCUT2D eigenvalue weighted by Crippen LogP contribution is -2.25. The van der Waals surface area contributed by atoms with Gasteiger partial charge in [0.1, 0.15) is 17.7 Å². The average molecular weight is 375 g/mol. The molecule has 4 N–H and O–H groups in total. The summed E-state index contributed by atoms with van der Waals surface area (Å²) in [6.45, 7) is 0.436. The van der Waals surface area contributed by atoms with Gasteiger partial charge in [0.15, 0.2) is 5.17 Å². The minimum absolute atomic E-state index is 0.228. The molecule has 26 heavy (non-hydrogen) atoms. The van der Waals surface area contributed by atoms with Crippen LogP contribution < -0.4 is 16.7 Å². The molecule has 1 atom stereocenters. The SMILES string of the molecule is COC(=O)CCCSC1=NC(N)c2[nH]c(=O)n(Cc3ccccc3)c2N1. The highest BCUT2D eigenvalue weighted by atomic mass is 32.2. The highest BCUT2D eigenvalue weighted by molar-refractivity contribution is 8.14. The highest BCUT2D eigenvalue weighted by Gasteiger charge is 2.25. The average Bonchev–Trinajstić information content (AvgIpc) is 2.96. The number of H-pyrrole nitrogens is 1. The van der Waals surface area contributed by atoms with Crippen LogP contribution in [0.15, 0.2) is 40.1 Å². The lowest BCUT2D eigenvalue weighted by molar-refractivity contribution is -0.140. The highest BCUT2D eigenvalue weighted by Crippen LogP contribution is 2.27. The first-order valence-corrected chi connectivity index (χ1v) is 9.23. The minimum atomic E-state index is -0.626. The number of rotatable bonds is 6. The molecule has 0 fully saturated rings. The molecule has 1 aliphatic rings. The van der Waals surface area contributed by atoms with Crippen molar-refractivity contribution in [2.24, 2.45) is 10.7 Å². The molecule has 0 aliphatic carbocycles. The number of methoxy groups -OCH3 is 1. The maximum atomic E-state index is 12.3. The smallest absolute Gasteiger partial charge is 0.327 e. The van der Waals surface area contributed by atoms with Crippen molar-refractivity contribution in [2.75, 3.05) is 18.2 Å². The molecule has 1 aromatic carbocycles. The predicted molar refractivity (Wildman–Crippen MR) is 102 cm³/mol. The number of nitrogens with one attached hydrogen (secondary N) is 2. The molecule has 1 aliphatic heterocycles. The van der Waals surface area contributed by atoms with E-state index in [9.17, 15) is 9.59 Å². The summed E-state index contributed by atoms with van der Waals surface area (Å²) >= 11 is 1.46. The summed E-state index contributed by atoms with van der Waals surface area (Å²) in [6, 6.07) is 9.73. The molecule has 0 bridgehead atoms. The number of hydrogen-bond acceptors (Lipinski definition) is 7. The van der Waals surface area contributed by atoms with Crippen LogP contribution in [0.1, 0.15) is 30.3 Å². The maximum Gasteiger partial charge on any atom is 0.327 e. The third kappa shape index (κ3) is 4.17. The van der Waals surface area contributed by atoms with Crippen molar-refractivity contribution < 1.29 is 9.53 Å². The third-order valence-corrected chi connectivity index (χ3v) is 4.94. The fourth-order valence-corrected chi connectivity index (χ4v) is 3.48. The van der Waals surface area contributed by atoms with Crippen molar-refractivity contribution in [1.82, 2.24) is 9.55 Å². The molecular weight excluding hydrogens is 354 g/mol. The van der Waals surface area contributed by atoms with Crippen molar-refractivity contribution in [1.29, 1.82) is 0 Å². The second-order valence-corrected chi connectivity index (χ2v) is 6.88. The zero-order chi connectivity index (χ0) is 18.5. The van der Waals surface area contributed by atoms with Gasteiger partial charge in [0.25, 0.3) is 0 Å². The number of ether oxygens (including phenoxy) is 1. The molecule has 8 nitrogen and oxygen atoms in total. The van der Waals surface area contributed by atoms with Crippen LogP contribution in [0.2, 0.25) is 0 Å². The van der Waals surface area contributed by atoms with Crippen molar-refractivity contribution in [3.63, 3.8) is 0 Å². The fraction of sp³-hybridized carbons (Fsp3) is 0.353. The number of fused-ring (bicyclic) bond motifs is 1. The second kappa shape index (κ2) is 8.24. The number of carbonyl (C=O) groups excluding carboxylic acids is 1. The summed E-state index contributed by atoms with van der Waals surface area (Å²) in [5.74, 6) is 1.10. The summed E-state index contributed by atoms with van der Waals surface area (Å²) in [5.41, 5.74) is 7.45. The van der Waals surface area contributed by atoms with Crippen molar-refractivity contribution in [2.45, 2.75) is 25.6 Å². The molecular formula is C17H21N5O3S. The van der Waals surface area contributed by atoms with Gasteiger partial charge < -0.3 is 20.8 Å². The van der Waals surface area contributed by atoms with E-state index in [0.29, 0.717) is 41.8 Å². The van der Waals surface area contributed by atoms with E-state index < -0.39 is 6.17 Å². The standard InChI is InChI=1S/C17H21N5O3S/c1-25-12(23)8-5-9-26-16-20-14(18)13-15(21-16)22(17(24)19-13)10-11-6-3-2-4-7-11/h2-4,6-7,14H,5,8-10,18H2,1H3,(H,19,24)(H,20,21). The Balaban J connectivity index is 1.70. The zero-order valence-corrected chi connectivity index (χ0v) is 15.2. The van der Waals surface area contributed by atoms with E-state index in [2.05, 4.69) is 20.0 Å². The Hall–Kier alpha value is -2.52. The normalized spacial score (nSPS) is 15.8. The number of aromatic amines is 1. The molecule has 0 amide bonds. The number of anilines is 1. The zero-order valence-electron chi connectivity index (χ0n) is 14.4. The number of benzene rings is 1. The number of imidazole rings is 1. The summed E-state index contributed by atoms with van der Waals surface area (Å²) in [5, 5.41) is 3.82. The van der Waals surface area contributed by atoms with Crippen LogP contribution in [0.5, 0.6) is 0 Å². The van der Waals surface area contributed by atoms with E-state index in [0.717, 1.165) is 5.56 Å². The number of nitrogens with two attached hydrogens (primary N) is 1. The Morgan fingerprint density at radius 3 is 2.88 bits per heavy atom. The van der Waals surface area contributed by atoms with Crippen LogP contribution in [-0.2, 0) is 16.1 Å². The summed E-state index contributed by atoms with van der Waals surface area (Å²) in [4.78, 5) is 30.7. The Labute approximate surface area is 154 Å². The van der Waals surface area contributed by atoms with Crippen LogP contribution in [0.25, 0.3) is 0 Å². The van der Waals surface area contributed by atoms with Gasteiger partial charge >= 0.3 is 11.7 Å². The molecule has 3 rings (SSSR count). The first-order chi connectivity index (χ1) is 12.6. The first kappa shape index (κ1) is 18.3. The molecule has 9 heteroatoms. The Kier molecular flexibility index (Phi) is 5.79. The van der Waals surface area contributed by atoms with E-state index in [1.807, 2.05) is 30.3 Å².